The lowest BCUT2D eigenvalue weighted by Gasteiger charge is -2.09. The molecule has 0 aromatic heterocycles. The zero-order chi connectivity index (χ0) is 14.1. The van der Waals surface area contributed by atoms with E-state index in [0.29, 0.717) is 11.6 Å². The van der Waals surface area contributed by atoms with Gasteiger partial charge in [-0.05, 0) is 38.1 Å². The molecule has 0 aliphatic heterocycles. The number of carbonyl (C=O) groups excluding carboxylic acids is 1. The second-order valence-electron chi connectivity index (χ2n) is 3.78. The van der Waals surface area contributed by atoms with Gasteiger partial charge in [0.1, 0.15) is 12.4 Å². The van der Waals surface area contributed by atoms with E-state index in [1.807, 2.05) is 13.8 Å². The molecule has 0 bridgehead atoms. The number of carbonyl (C=O) groups is 1. The Bertz CT molecular complexity index is 423. The van der Waals surface area contributed by atoms with Gasteiger partial charge >= 0.3 is 0 Å². The average Bonchev–Trinajstić information content (AvgIpc) is 2.39. The summed E-state index contributed by atoms with van der Waals surface area (Å²) in [5, 5.41) is 8.68. The summed E-state index contributed by atoms with van der Waals surface area (Å²) in [6.45, 7) is 5.36. The van der Waals surface area contributed by atoms with Crippen molar-refractivity contribution in [3.05, 3.63) is 30.1 Å². The predicted octanol–water partition coefficient (Wildman–Crippen LogP) is 1.34. The smallest absolute Gasteiger partial charge is 0.246 e. The number of guanidine groups is 1. The fourth-order valence-electron chi connectivity index (χ4n) is 1.39. The van der Waals surface area contributed by atoms with Crippen molar-refractivity contribution in [2.45, 2.75) is 13.8 Å². The maximum Gasteiger partial charge on any atom is 0.246 e. The molecule has 0 atom stereocenters. The molecule has 104 valence electrons. The minimum Gasteiger partial charge on any atom is -0.357 e. The standard InChI is InChI=1S/C13H19FN4O/c1-3-15-13(16-4-2)17-9-12(19)18-11-7-5-10(14)6-8-11/h5-8H,3-4,9H2,1-2H3,(H,18,19)(H2,15,16,17). The number of hydrogen-bond acceptors (Lipinski definition) is 2. The lowest BCUT2D eigenvalue weighted by atomic mass is 10.3. The van der Waals surface area contributed by atoms with Crippen LogP contribution in [0.2, 0.25) is 0 Å². The zero-order valence-corrected chi connectivity index (χ0v) is 11.2. The van der Waals surface area contributed by atoms with Gasteiger partial charge in [0, 0.05) is 18.8 Å². The number of benzene rings is 1. The summed E-state index contributed by atoms with van der Waals surface area (Å²) in [5.74, 6) is 0.0109. The molecular weight excluding hydrogens is 247 g/mol. The first kappa shape index (κ1) is 14.9. The first-order valence-electron chi connectivity index (χ1n) is 6.23. The quantitative estimate of drug-likeness (QED) is 0.556. The number of nitrogens with one attached hydrogen (secondary N) is 3. The van der Waals surface area contributed by atoms with E-state index in [9.17, 15) is 9.18 Å². The number of anilines is 1. The summed E-state index contributed by atoms with van der Waals surface area (Å²) in [5.41, 5.74) is 0.551. The van der Waals surface area contributed by atoms with Crippen LogP contribution in [0.4, 0.5) is 10.1 Å². The van der Waals surface area contributed by atoms with E-state index in [4.69, 9.17) is 0 Å². The normalized spacial score (nSPS) is 9.63. The van der Waals surface area contributed by atoms with Gasteiger partial charge < -0.3 is 16.0 Å². The van der Waals surface area contributed by atoms with Crippen LogP contribution in [0.3, 0.4) is 0 Å². The van der Waals surface area contributed by atoms with Crippen molar-refractivity contribution in [2.24, 2.45) is 4.99 Å². The van der Waals surface area contributed by atoms with Gasteiger partial charge in [-0.1, -0.05) is 0 Å². The highest BCUT2D eigenvalue weighted by Crippen LogP contribution is 2.07. The zero-order valence-electron chi connectivity index (χ0n) is 11.2. The fraction of sp³-hybridized carbons (Fsp3) is 0.385. The van der Waals surface area contributed by atoms with Crippen LogP contribution in [0.5, 0.6) is 0 Å². The predicted molar refractivity (Wildman–Crippen MR) is 74.7 cm³/mol. The van der Waals surface area contributed by atoms with Crippen LogP contribution < -0.4 is 16.0 Å². The first-order valence-corrected chi connectivity index (χ1v) is 6.23. The van der Waals surface area contributed by atoms with E-state index in [2.05, 4.69) is 20.9 Å². The summed E-state index contributed by atoms with van der Waals surface area (Å²) in [4.78, 5) is 15.8. The number of aliphatic imine (C=N–C) groups is 1. The Balaban J connectivity index is 2.49. The minimum absolute atomic E-state index is 0.00666. The van der Waals surface area contributed by atoms with Crippen molar-refractivity contribution in [1.82, 2.24) is 10.6 Å². The summed E-state index contributed by atoms with van der Waals surface area (Å²) in [7, 11) is 0. The van der Waals surface area contributed by atoms with E-state index in [0.717, 1.165) is 13.1 Å². The highest BCUT2D eigenvalue weighted by atomic mass is 19.1. The van der Waals surface area contributed by atoms with Gasteiger partial charge in [-0.25, -0.2) is 9.38 Å². The van der Waals surface area contributed by atoms with Gasteiger partial charge in [-0.2, -0.15) is 0 Å². The second-order valence-corrected chi connectivity index (χ2v) is 3.78. The topological polar surface area (TPSA) is 65.5 Å². The molecule has 0 fully saturated rings. The van der Waals surface area contributed by atoms with Gasteiger partial charge in [0.15, 0.2) is 5.96 Å². The van der Waals surface area contributed by atoms with Crippen LogP contribution >= 0.6 is 0 Å². The second kappa shape index (κ2) is 8.07. The van der Waals surface area contributed by atoms with Crippen molar-refractivity contribution >= 4 is 17.6 Å². The first-order chi connectivity index (χ1) is 9.15. The van der Waals surface area contributed by atoms with Gasteiger partial charge in [-0.3, -0.25) is 4.79 Å². The Morgan fingerprint density at radius 1 is 1.16 bits per heavy atom. The van der Waals surface area contributed by atoms with Crippen molar-refractivity contribution in [1.29, 1.82) is 0 Å². The lowest BCUT2D eigenvalue weighted by molar-refractivity contribution is -0.114. The van der Waals surface area contributed by atoms with Gasteiger partial charge in [0.2, 0.25) is 5.91 Å². The average molecular weight is 266 g/mol. The number of amides is 1. The fourth-order valence-corrected chi connectivity index (χ4v) is 1.39. The van der Waals surface area contributed by atoms with Crippen LogP contribution in [-0.2, 0) is 4.79 Å². The van der Waals surface area contributed by atoms with Gasteiger partial charge in [-0.15, -0.1) is 0 Å². The minimum atomic E-state index is -0.336. The summed E-state index contributed by atoms with van der Waals surface area (Å²) in [6, 6.07) is 5.60. The highest BCUT2D eigenvalue weighted by molar-refractivity contribution is 5.94. The molecule has 0 saturated heterocycles. The molecule has 0 unspecified atom stereocenters. The van der Waals surface area contributed by atoms with Crippen LogP contribution in [0.15, 0.2) is 29.3 Å². The molecule has 0 spiro atoms. The molecule has 5 nitrogen and oxygen atoms in total. The molecular formula is C13H19FN4O. The van der Waals surface area contributed by atoms with E-state index in [-0.39, 0.29) is 18.3 Å². The number of nitrogens with zero attached hydrogens (tertiary/aromatic N) is 1. The van der Waals surface area contributed by atoms with Crippen molar-refractivity contribution in [3.8, 4) is 0 Å². The molecule has 0 aliphatic rings. The number of rotatable bonds is 5. The molecule has 1 aromatic carbocycles. The summed E-state index contributed by atoms with van der Waals surface area (Å²) >= 11 is 0. The molecule has 0 saturated carbocycles. The third kappa shape index (κ3) is 5.85. The van der Waals surface area contributed by atoms with Crippen LogP contribution in [0.25, 0.3) is 0 Å². The molecule has 0 radical (unpaired) electrons. The third-order valence-electron chi connectivity index (χ3n) is 2.20. The maximum absolute atomic E-state index is 12.7. The molecule has 1 aromatic rings. The van der Waals surface area contributed by atoms with Crippen LogP contribution in [-0.4, -0.2) is 31.5 Å². The van der Waals surface area contributed by atoms with E-state index >= 15 is 0 Å². The maximum atomic E-state index is 12.7. The van der Waals surface area contributed by atoms with Crippen molar-refractivity contribution in [2.75, 3.05) is 25.0 Å². The highest BCUT2D eigenvalue weighted by Gasteiger charge is 2.02. The SMILES string of the molecule is CCNC(=NCC(=O)Nc1ccc(F)cc1)NCC. The Morgan fingerprint density at radius 3 is 2.26 bits per heavy atom. The Morgan fingerprint density at radius 2 is 1.74 bits per heavy atom. The van der Waals surface area contributed by atoms with Crippen molar-refractivity contribution < 1.29 is 9.18 Å². The Hall–Kier alpha value is -2.11. The van der Waals surface area contributed by atoms with Gasteiger partial charge in [0.25, 0.3) is 0 Å². The lowest BCUT2D eigenvalue weighted by Crippen LogP contribution is -2.37. The number of hydrogen-bond donors (Lipinski definition) is 3. The molecule has 1 rings (SSSR count). The molecule has 6 heteroatoms. The molecule has 1 amide bonds. The summed E-state index contributed by atoms with van der Waals surface area (Å²) in [6.07, 6.45) is 0. The summed E-state index contributed by atoms with van der Waals surface area (Å²) < 4.78 is 12.7. The Labute approximate surface area is 112 Å². The monoisotopic (exact) mass is 266 g/mol. The van der Waals surface area contributed by atoms with Crippen LogP contribution in [0, 0.1) is 5.82 Å². The molecule has 19 heavy (non-hydrogen) atoms. The van der Waals surface area contributed by atoms with E-state index in [1.165, 1.54) is 24.3 Å². The molecule has 0 aliphatic carbocycles. The molecule has 0 heterocycles. The number of halogens is 1. The van der Waals surface area contributed by atoms with Crippen molar-refractivity contribution in [3.63, 3.8) is 0 Å². The largest absolute Gasteiger partial charge is 0.357 e. The molecule has 3 N–H and O–H groups in total. The van der Waals surface area contributed by atoms with E-state index in [1.54, 1.807) is 0 Å². The third-order valence-corrected chi connectivity index (χ3v) is 2.20. The Kier molecular flexibility index (Phi) is 6.35. The van der Waals surface area contributed by atoms with Crippen LogP contribution in [0.1, 0.15) is 13.8 Å². The van der Waals surface area contributed by atoms with Gasteiger partial charge in [0.05, 0.1) is 0 Å². The van der Waals surface area contributed by atoms with E-state index < -0.39 is 0 Å².